The Morgan fingerprint density at radius 2 is 2.00 bits per heavy atom. The van der Waals surface area contributed by atoms with Gasteiger partial charge in [0, 0.05) is 6.04 Å². The lowest BCUT2D eigenvalue weighted by atomic mass is 10.2. The van der Waals surface area contributed by atoms with E-state index in [1.54, 1.807) is 0 Å². The molecule has 0 aliphatic rings. The summed E-state index contributed by atoms with van der Waals surface area (Å²) in [4.78, 5) is 0. The Kier molecular flexibility index (Phi) is 4.33. The smallest absolute Gasteiger partial charge is 0.119 e. The molecule has 13 heavy (non-hydrogen) atoms. The van der Waals surface area contributed by atoms with Gasteiger partial charge in [-0.3, -0.25) is 0 Å². The van der Waals surface area contributed by atoms with Gasteiger partial charge < -0.3 is 10.1 Å². The third-order valence-electron chi connectivity index (χ3n) is 2.06. The lowest BCUT2D eigenvalue weighted by molar-refractivity contribution is 0.293. The number of hydrogen-bond acceptors (Lipinski definition) is 2. The van der Waals surface area contributed by atoms with Gasteiger partial charge in [0.2, 0.25) is 0 Å². The average Bonchev–Trinajstić information content (AvgIpc) is 2.19. The van der Waals surface area contributed by atoms with E-state index in [0.717, 1.165) is 18.8 Å². The molecule has 0 aliphatic heterocycles. The van der Waals surface area contributed by atoms with Gasteiger partial charge in [0.15, 0.2) is 0 Å². The predicted octanol–water partition coefficient (Wildman–Crippen LogP) is 2.06. The number of rotatable bonds is 5. The largest absolute Gasteiger partial charge is 0.494 e. The van der Waals surface area contributed by atoms with Crippen LogP contribution in [0, 0.1) is 0 Å². The maximum Gasteiger partial charge on any atom is 0.119 e. The van der Waals surface area contributed by atoms with Crippen LogP contribution in [0.2, 0.25) is 0 Å². The van der Waals surface area contributed by atoms with Crippen molar-refractivity contribution in [2.75, 3.05) is 13.7 Å². The van der Waals surface area contributed by atoms with Gasteiger partial charge in [-0.1, -0.05) is 18.2 Å². The van der Waals surface area contributed by atoms with Crippen LogP contribution < -0.4 is 10.1 Å². The van der Waals surface area contributed by atoms with E-state index in [9.17, 15) is 0 Å². The maximum absolute atomic E-state index is 5.54. The SMILES string of the molecule is CNC(C)CCOc1ccccc1. The Morgan fingerprint density at radius 3 is 2.62 bits per heavy atom. The molecular formula is C11H17NO. The van der Waals surface area contributed by atoms with E-state index >= 15 is 0 Å². The zero-order valence-electron chi connectivity index (χ0n) is 8.29. The Labute approximate surface area is 79.9 Å². The van der Waals surface area contributed by atoms with Gasteiger partial charge in [0.1, 0.15) is 5.75 Å². The number of para-hydroxylation sites is 1. The molecule has 0 radical (unpaired) electrons. The van der Waals surface area contributed by atoms with Crippen LogP contribution in [0.15, 0.2) is 30.3 Å². The fourth-order valence-electron chi connectivity index (χ4n) is 1.01. The summed E-state index contributed by atoms with van der Waals surface area (Å²) in [6.45, 7) is 2.92. The van der Waals surface area contributed by atoms with Gasteiger partial charge in [0.05, 0.1) is 6.61 Å². The number of hydrogen-bond donors (Lipinski definition) is 1. The normalized spacial score (nSPS) is 12.5. The minimum Gasteiger partial charge on any atom is -0.494 e. The summed E-state index contributed by atoms with van der Waals surface area (Å²) in [5.41, 5.74) is 0. The highest BCUT2D eigenvalue weighted by Crippen LogP contribution is 2.08. The van der Waals surface area contributed by atoms with Crippen molar-refractivity contribution in [3.8, 4) is 5.75 Å². The van der Waals surface area contributed by atoms with Crippen LogP contribution in [-0.2, 0) is 0 Å². The molecule has 1 atom stereocenters. The van der Waals surface area contributed by atoms with Gasteiger partial charge in [-0.15, -0.1) is 0 Å². The van der Waals surface area contributed by atoms with Crippen LogP contribution in [-0.4, -0.2) is 19.7 Å². The molecule has 0 aliphatic carbocycles. The summed E-state index contributed by atoms with van der Waals surface area (Å²) in [7, 11) is 1.97. The second-order valence-corrected chi connectivity index (χ2v) is 3.14. The topological polar surface area (TPSA) is 21.3 Å². The Balaban J connectivity index is 2.20. The van der Waals surface area contributed by atoms with Crippen molar-refractivity contribution in [2.24, 2.45) is 0 Å². The molecule has 0 fully saturated rings. The van der Waals surface area contributed by atoms with Crippen molar-refractivity contribution < 1.29 is 4.74 Å². The first kappa shape index (κ1) is 10.1. The van der Waals surface area contributed by atoms with E-state index in [2.05, 4.69) is 12.2 Å². The molecule has 0 bridgehead atoms. The third kappa shape index (κ3) is 3.95. The molecule has 0 amide bonds. The number of nitrogens with one attached hydrogen (secondary N) is 1. The van der Waals surface area contributed by atoms with Crippen molar-refractivity contribution in [1.29, 1.82) is 0 Å². The highest BCUT2D eigenvalue weighted by atomic mass is 16.5. The molecule has 2 nitrogen and oxygen atoms in total. The Bertz CT molecular complexity index is 223. The first-order chi connectivity index (χ1) is 6.33. The second-order valence-electron chi connectivity index (χ2n) is 3.14. The standard InChI is InChI=1S/C11H17NO/c1-10(12-2)8-9-13-11-6-4-3-5-7-11/h3-7,10,12H,8-9H2,1-2H3. The second kappa shape index (κ2) is 5.60. The molecule has 0 saturated heterocycles. The molecule has 1 unspecified atom stereocenters. The molecule has 1 N–H and O–H groups in total. The van der Waals surface area contributed by atoms with Crippen molar-refractivity contribution >= 4 is 0 Å². The van der Waals surface area contributed by atoms with E-state index in [1.807, 2.05) is 37.4 Å². The van der Waals surface area contributed by atoms with Crippen LogP contribution >= 0.6 is 0 Å². The van der Waals surface area contributed by atoms with Crippen molar-refractivity contribution in [1.82, 2.24) is 5.32 Å². The van der Waals surface area contributed by atoms with Gasteiger partial charge in [-0.2, -0.15) is 0 Å². The van der Waals surface area contributed by atoms with Gasteiger partial charge in [-0.05, 0) is 32.5 Å². The first-order valence-electron chi connectivity index (χ1n) is 4.68. The molecule has 1 aromatic rings. The third-order valence-corrected chi connectivity index (χ3v) is 2.06. The Hall–Kier alpha value is -1.02. The zero-order chi connectivity index (χ0) is 9.52. The van der Waals surface area contributed by atoms with E-state index in [0.29, 0.717) is 6.04 Å². The van der Waals surface area contributed by atoms with Crippen molar-refractivity contribution in [3.63, 3.8) is 0 Å². The lowest BCUT2D eigenvalue weighted by Gasteiger charge is -2.10. The van der Waals surface area contributed by atoms with Gasteiger partial charge >= 0.3 is 0 Å². The van der Waals surface area contributed by atoms with E-state index in [-0.39, 0.29) is 0 Å². The molecule has 0 spiro atoms. The van der Waals surface area contributed by atoms with Gasteiger partial charge in [0.25, 0.3) is 0 Å². The van der Waals surface area contributed by atoms with Crippen LogP contribution in [0.25, 0.3) is 0 Å². The quantitative estimate of drug-likeness (QED) is 0.747. The fourth-order valence-corrected chi connectivity index (χ4v) is 1.01. The minimum atomic E-state index is 0.517. The molecule has 2 heteroatoms. The van der Waals surface area contributed by atoms with Crippen LogP contribution in [0.4, 0.5) is 0 Å². The van der Waals surface area contributed by atoms with Crippen molar-refractivity contribution in [2.45, 2.75) is 19.4 Å². The van der Waals surface area contributed by atoms with Crippen LogP contribution in [0.1, 0.15) is 13.3 Å². The molecule has 1 rings (SSSR count). The summed E-state index contributed by atoms with van der Waals surface area (Å²) >= 11 is 0. The molecule has 72 valence electrons. The summed E-state index contributed by atoms with van der Waals surface area (Å²) in [5.74, 6) is 0.950. The highest BCUT2D eigenvalue weighted by Gasteiger charge is 1.97. The summed E-state index contributed by atoms with van der Waals surface area (Å²) in [6, 6.07) is 10.4. The van der Waals surface area contributed by atoms with Crippen molar-refractivity contribution in [3.05, 3.63) is 30.3 Å². The summed E-state index contributed by atoms with van der Waals surface area (Å²) in [6.07, 6.45) is 1.03. The predicted molar refractivity (Wildman–Crippen MR) is 55.1 cm³/mol. The Morgan fingerprint density at radius 1 is 1.31 bits per heavy atom. The first-order valence-corrected chi connectivity index (χ1v) is 4.68. The minimum absolute atomic E-state index is 0.517. The van der Waals surface area contributed by atoms with E-state index in [1.165, 1.54) is 0 Å². The molecule has 0 aromatic heterocycles. The maximum atomic E-state index is 5.54. The number of benzene rings is 1. The molecule has 1 aromatic carbocycles. The van der Waals surface area contributed by atoms with E-state index in [4.69, 9.17) is 4.74 Å². The fraction of sp³-hybridized carbons (Fsp3) is 0.455. The highest BCUT2D eigenvalue weighted by molar-refractivity contribution is 5.20. The molecular weight excluding hydrogens is 162 g/mol. The molecule has 0 saturated carbocycles. The average molecular weight is 179 g/mol. The van der Waals surface area contributed by atoms with E-state index < -0.39 is 0 Å². The summed E-state index contributed by atoms with van der Waals surface area (Å²) in [5, 5.41) is 3.17. The zero-order valence-corrected chi connectivity index (χ0v) is 8.29. The van der Waals surface area contributed by atoms with Crippen LogP contribution in [0.3, 0.4) is 0 Å². The lowest BCUT2D eigenvalue weighted by Crippen LogP contribution is -2.23. The van der Waals surface area contributed by atoms with Gasteiger partial charge in [-0.25, -0.2) is 0 Å². The monoisotopic (exact) mass is 179 g/mol. The number of ether oxygens (including phenoxy) is 1. The van der Waals surface area contributed by atoms with Crippen LogP contribution in [0.5, 0.6) is 5.75 Å². The summed E-state index contributed by atoms with van der Waals surface area (Å²) < 4.78 is 5.54. The molecule has 0 heterocycles.